The molecule has 1 aliphatic carbocycles. The van der Waals surface area contributed by atoms with Gasteiger partial charge >= 0.3 is 0 Å². The van der Waals surface area contributed by atoms with E-state index in [0.29, 0.717) is 6.61 Å². The van der Waals surface area contributed by atoms with Gasteiger partial charge < -0.3 is 18.0 Å². The minimum absolute atomic E-state index is 0.0531. The predicted molar refractivity (Wildman–Crippen MR) is 211 cm³/mol. The number of unbranched alkanes of at least 4 members (excludes halogenated alkanes) is 1. The van der Waals surface area contributed by atoms with Gasteiger partial charge in [-0.2, -0.15) is 0 Å². The van der Waals surface area contributed by atoms with Crippen molar-refractivity contribution in [1.82, 2.24) is 0 Å². The van der Waals surface area contributed by atoms with Gasteiger partial charge in [0.05, 0.1) is 17.6 Å². The van der Waals surface area contributed by atoms with E-state index in [1.165, 1.54) is 11.8 Å². The van der Waals surface area contributed by atoms with Crippen LogP contribution in [-0.2, 0) is 18.1 Å². The summed E-state index contributed by atoms with van der Waals surface area (Å²) in [6, 6.07) is 9.93. The van der Waals surface area contributed by atoms with E-state index in [2.05, 4.69) is 106 Å². The van der Waals surface area contributed by atoms with Gasteiger partial charge in [-0.05, 0) is 112 Å². The maximum atomic E-state index is 13.8. The highest BCUT2D eigenvalue weighted by molar-refractivity contribution is 8.03. The fourth-order valence-corrected chi connectivity index (χ4v) is 9.35. The van der Waals surface area contributed by atoms with Crippen LogP contribution in [0, 0.1) is 0 Å². The summed E-state index contributed by atoms with van der Waals surface area (Å²) in [6.07, 6.45) is 14.6. The van der Waals surface area contributed by atoms with Crippen molar-refractivity contribution in [3.63, 3.8) is 0 Å². The molecule has 0 saturated carbocycles. The summed E-state index contributed by atoms with van der Waals surface area (Å²) in [5.74, 6) is 0.957. The Hall–Kier alpha value is -1.21. The molecular weight excluding hydrogens is 653 g/mol. The quantitative estimate of drug-likeness (QED) is 0.0856. The molecule has 1 aliphatic rings. The number of ketones is 1. The number of allylic oxidation sites excluding steroid dienone is 3. The zero-order valence-electron chi connectivity index (χ0n) is 32.2. The molecular formula is C38H66O5SSi3. The Kier molecular flexibility index (Phi) is 15.3. The van der Waals surface area contributed by atoms with E-state index in [1.807, 2.05) is 42.7 Å². The SMILES string of the molecule is CSC1=CC(CCCCOc2ccccc2)(O[Si](C)(C)C)/C(=C/C=C\C(CCCO[Si](C)(C)C(C)(C)C)O[Si](C)(C)C(C)(C)C)C1=O. The summed E-state index contributed by atoms with van der Waals surface area (Å²) in [5, 5.41) is 0.283. The van der Waals surface area contributed by atoms with E-state index in [-0.39, 0.29) is 22.0 Å². The van der Waals surface area contributed by atoms with Gasteiger partial charge in [-0.25, -0.2) is 0 Å². The van der Waals surface area contributed by atoms with Crippen LogP contribution < -0.4 is 4.74 Å². The summed E-state index contributed by atoms with van der Waals surface area (Å²) in [4.78, 5) is 14.6. The highest BCUT2D eigenvalue weighted by atomic mass is 32.2. The lowest BCUT2D eigenvalue weighted by molar-refractivity contribution is -0.112. The third-order valence-corrected chi connectivity index (χ3v) is 20.5. The second-order valence-corrected chi connectivity index (χ2v) is 31.7. The summed E-state index contributed by atoms with van der Waals surface area (Å²) < 4.78 is 26.3. The first-order valence-electron chi connectivity index (χ1n) is 17.4. The first-order valence-corrected chi connectivity index (χ1v) is 27.9. The minimum Gasteiger partial charge on any atom is -0.494 e. The molecule has 5 nitrogen and oxygen atoms in total. The number of thioether (sulfide) groups is 1. The lowest BCUT2D eigenvalue weighted by atomic mass is 9.90. The molecule has 1 aromatic rings. The van der Waals surface area contributed by atoms with Gasteiger partial charge in [0, 0.05) is 12.2 Å². The van der Waals surface area contributed by atoms with Gasteiger partial charge in [0.1, 0.15) is 11.4 Å². The van der Waals surface area contributed by atoms with Crippen molar-refractivity contribution in [2.75, 3.05) is 19.5 Å². The average molecular weight is 719 g/mol. The molecule has 2 rings (SSSR count). The number of hydrogen-bond acceptors (Lipinski definition) is 6. The molecule has 0 heterocycles. The topological polar surface area (TPSA) is 54.0 Å². The van der Waals surface area contributed by atoms with Crippen LogP contribution in [0.1, 0.15) is 73.6 Å². The number of benzene rings is 1. The van der Waals surface area contributed by atoms with Gasteiger partial charge in [-0.15, -0.1) is 11.8 Å². The summed E-state index contributed by atoms with van der Waals surface area (Å²) in [6.45, 7) is 30.9. The van der Waals surface area contributed by atoms with Crippen molar-refractivity contribution >= 4 is 42.5 Å². The number of Topliss-reactive ketones (excluding diaryl/α,β-unsaturated/α-hetero) is 1. The number of para-hydroxylation sites is 1. The molecule has 0 saturated heterocycles. The number of hydrogen-bond donors (Lipinski definition) is 0. The molecule has 0 amide bonds. The van der Waals surface area contributed by atoms with E-state index in [4.69, 9.17) is 18.0 Å². The zero-order chi connectivity index (χ0) is 35.7. The highest BCUT2D eigenvalue weighted by Crippen LogP contribution is 2.44. The van der Waals surface area contributed by atoms with E-state index < -0.39 is 30.6 Å². The molecule has 0 spiro atoms. The molecule has 2 atom stereocenters. The van der Waals surface area contributed by atoms with E-state index >= 15 is 0 Å². The fraction of sp³-hybridized carbons (Fsp3) is 0.658. The van der Waals surface area contributed by atoms with Crippen LogP contribution in [0.15, 0.2) is 65.1 Å². The summed E-state index contributed by atoms with van der Waals surface area (Å²) >= 11 is 1.51. The van der Waals surface area contributed by atoms with Crippen molar-refractivity contribution < 1.29 is 22.8 Å². The standard InChI is InChI=1S/C38H66O5SSi3/c1-36(2,3)46(11,12)41-29-21-25-32(42-47(13,14)37(4,5)6)24-20-26-33-35(39)34(44-7)30-38(33,43-45(8,9)10)27-18-19-28-40-31-22-16-15-17-23-31/h15-17,20,22-24,26,30,32H,18-19,21,25,27-29H2,1-14H3/b24-20-,33-26+. The molecule has 0 N–H and O–H groups in total. The molecule has 47 heavy (non-hydrogen) atoms. The van der Waals surface area contributed by atoms with E-state index in [9.17, 15) is 4.79 Å². The Labute approximate surface area is 295 Å². The van der Waals surface area contributed by atoms with E-state index in [1.54, 1.807) is 0 Å². The Morgan fingerprint density at radius 1 is 0.851 bits per heavy atom. The van der Waals surface area contributed by atoms with Gasteiger partial charge in [0.2, 0.25) is 0 Å². The van der Waals surface area contributed by atoms with Crippen LogP contribution in [-0.4, -0.2) is 61.9 Å². The van der Waals surface area contributed by atoms with Crippen LogP contribution in [0.3, 0.4) is 0 Å². The monoisotopic (exact) mass is 718 g/mol. The smallest absolute Gasteiger partial charge is 0.198 e. The predicted octanol–water partition coefficient (Wildman–Crippen LogP) is 11.3. The first kappa shape index (κ1) is 42.0. The van der Waals surface area contributed by atoms with Crippen LogP contribution >= 0.6 is 11.8 Å². The highest BCUT2D eigenvalue weighted by Gasteiger charge is 2.46. The zero-order valence-corrected chi connectivity index (χ0v) is 36.0. The van der Waals surface area contributed by atoms with Crippen LogP contribution in [0.4, 0.5) is 0 Å². The molecule has 0 fully saturated rings. The largest absolute Gasteiger partial charge is 0.494 e. The molecule has 0 aliphatic heterocycles. The number of rotatable bonds is 18. The fourth-order valence-electron chi connectivity index (χ4n) is 4.99. The van der Waals surface area contributed by atoms with Crippen LogP contribution in [0.25, 0.3) is 0 Å². The van der Waals surface area contributed by atoms with Crippen molar-refractivity contribution in [2.45, 2.75) is 141 Å². The molecule has 2 unspecified atom stereocenters. The second kappa shape index (κ2) is 17.1. The molecule has 0 aromatic heterocycles. The normalized spacial score (nSPS) is 19.9. The second-order valence-electron chi connectivity index (χ2n) is 16.9. The van der Waals surface area contributed by atoms with Crippen molar-refractivity contribution in [1.29, 1.82) is 0 Å². The first-order chi connectivity index (χ1) is 21.5. The van der Waals surface area contributed by atoms with Gasteiger partial charge in [0.15, 0.2) is 30.7 Å². The Bertz CT molecular complexity index is 1240. The molecule has 9 heteroatoms. The van der Waals surface area contributed by atoms with Gasteiger partial charge in [-0.1, -0.05) is 78.0 Å². The van der Waals surface area contributed by atoms with Crippen molar-refractivity contribution in [3.8, 4) is 5.75 Å². The Balaban J connectivity index is 2.32. The average Bonchev–Trinajstić information content (AvgIpc) is 3.18. The molecule has 0 radical (unpaired) electrons. The minimum atomic E-state index is -2.03. The lowest BCUT2D eigenvalue weighted by Gasteiger charge is -2.39. The lowest BCUT2D eigenvalue weighted by Crippen LogP contribution is -2.44. The summed E-state index contributed by atoms with van der Waals surface area (Å²) in [5.41, 5.74) is 0.000820. The molecule has 0 bridgehead atoms. The maximum absolute atomic E-state index is 13.8. The Morgan fingerprint density at radius 2 is 1.47 bits per heavy atom. The maximum Gasteiger partial charge on any atom is 0.198 e. The van der Waals surface area contributed by atoms with Crippen molar-refractivity contribution in [3.05, 3.63) is 65.1 Å². The van der Waals surface area contributed by atoms with Crippen molar-refractivity contribution in [2.24, 2.45) is 0 Å². The van der Waals surface area contributed by atoms with Crippen LogP contribution in [0.5, 0.6) is 5.75 Å². The third-order valence-electron chi connectivity index (χ3n) is 9.69. The van der Waals surface area contributed by atoms with Gasteiger partial charge in [-0.3, -0.25) is 4.79 Å². The number of ether oxygens (including phenoxy) is 1. The third kappa shape index (κ3) is 12.9. The van der Waals surface area contributed by atoms with Gasteiger partial charge in [0.25, 0.3) is 0 Å². The summed E-state index contributed by atoms with van der Waals surface area (Å²) in [7, 11) is -5.87. The number of carbonyl (C=O) groups is 1. The Morgan fingerprint density at radius 3 is 2.02 bits per heavy atom. The van der Waals surface area contributed by atoms with E-state index in [0.717, 1.165) is 54.9 Å². The molecule has 266 valence electrons. The molecule has 1 aromatic carbocycles. The number of carbonyl (C=O) groups excluding carboxylic acids is 1. The van der Waals surface area contributed by atoms with Crippen LogP contribution in [0.2, 0.25) is 55.9 Å².